The van der Waals surface area contributed by atoms with E-state index in [-0.39, 0.29) is 17.7 Å². The highest BCUT2D eigenvalue weighted by Gasteiger charge is 2.23. The zero-order valence-corrected chi connectivity index (χ0v) is 16.1. The molecule has 27 heavy (non-hydrogen) atoms. The van der Waals surface area contributed by atoms with Crippen LogP contribution in [0.2, 0.25) is 0 Å². The molecule has 0 bridgehead atoms. The number of aryl methyl sites for hydroxylation is 2. The van der Waals surface area contributed by atoms with Crippen LogP contribution in [-0.4, -0.2) is 12.0 Å². The van der Waals surface area contributed by atoms with Crippen molar-refractivity contribution < 1.29 is 13.9 Å². The highest BCUT2D eigenvalue weighted by molar-refractivity contribution is 5.81. The average molecular weight is 369 g/mol. The van der Waals surface area contributed by atoms with Crippen molar-refractivity contribution in [2.45, 2.75) is 64.5 Å². The van der Waals surface area contributed by atoms with E-state index in [9.17, 15) is 9.18 Å². The number of fused-ring (bicyclic) bond motifs is 1. The minimum Gasteiger partial charge on any atom is -0.478 e. The van der Waals surface area contributed by atoms with E-state index in [2.05, 4.69) is 30.4 Å². The van der Waals surface area contributed by atoms with E-state index in [1.807, 2.05) is 6.92 Å². The monoisotopic (exact) mass is 369 g/mol. The number of para-hydroxylation sites is 1. The molecule has 1 aliphatic carbocycles. The molecular weight excluding hydrogens is 341 g/mol. The molecule has 2 unspecified atom stereocenters. The highest BCUT2D eigenvalue weighted by Crippen LogP contribution is 2.26. The number of rotatable bonds is 7. The van der Waals surface area contributed by atoms with E-state index >= 15 is 0 Å². The first kappa shape index (κ1) is 19.4. The fourth-order valence-electron chi connectivity index (χ4n) is 3.67. The highest BCUT2D eigenvalue weighted by atomic mass is 19.1. The number of hydrogen-bond acceptors (Lipinski definition) is 2. The van der Waals surface area contributed by atoms with Crippen LogP contribution in [0.25, 0.3) is 0 Å². The van der Waals surface area contributed by atoms with Gasteiger partial charge in [-0.2, -0.15) is 0 Å². The summed E-state index contributed by atoms with van der Waals surface area (Å²) in [6, 6.07) is 12.7. The molecule has 0 saturated heterocycles. The summed E-state index contributed by atoms with van der Waals surface area (Å²) in [6.45, 7) is 3.92. The molecule has 2 atom stereocenters. The number of amides is 1. The van der Waals surface area contributed by atoms with Gasteiger partial charge in [-0.3, -0.25) is 4.79 Å². The van der Waals surface area contributed by atoms with E-state index in [0.717, 1.165) is 24.8 Å². The quantitative estimate of drug-likeness (QED) is 0.735. The van der Waals surface area contributed by atoms with Crippen molar-refractivity contribution in [3.63, 3.8) is 0 Å². The Balaban J connectivity index is 1.71. The second-order valence-corrected chi connectivity index (χ2v) is 7.15. The molecule has 1 amide bonds. The van der Waals surface area contributed by atoms with Gasteiger partial charge < -0.3 is 10.1 Å². The summed E-state index contributed by atoms with van der Waals surface area (Å²) in [7, 11) is 0. The van der Waals surface area contributed by atoms with Gasteiger partial charge >= 0.3 is 0 Å². The maximum Gasteiger partial charge on any atom is 0.261 e. The standard InChI is InChI=1S/C23H28FNO2/c1-3-20(18-14-13-16-9-5-6-10-17(16)15-18)25-23(26)21(4-2)27-22-12-8-7-11-19(22)24/h7-8,11-15,20-21H,3-6,9-10H2,1-2H3,(H,25,26). The average Bonchev–Trinajstić information content (AvgIpc) is 2.70. The lowest BCUT2D eigenvalue weighted by molar-refractivity contribution is -0.129. The predicted molar refractivity (Wildman–Crippen MR) is 105 cm³/mol. The molecule has 4 heteroatoms. The molecule has 0 aliphatic heterocycles. The lowest BCUT2D eigenvalue weighted by Gasteiger charge is -2.24. The molecule has 0 spiro atoms. The molecule has 0 fully saturated rings. The molecule has 3 nitrogen and oxygen atoms in total. The van der Waals surface area contributed by atoms with Crippen LogP contribution in [0.15, 0.2) is 42.5 Å². The van der Waals surface area contributed by atoms with Crippen LogP contribution in [0.4, 0.5) is 4.39 Å². The molecule has 0 saturated carbocycles. The Bertz CT molecular complexity index is 790. The molecule has 1 N–H and O–H groups in total. The summed E-state index contributed by atoms with van der Waals surface area (Å²) in [5, 5.41) is 3.09. The Labute approximate surface area is 160 Å². The van der Waals surface area contributed by atoms with Crippen LogP contribution >= 0.6 is 0 Å². The normalized spacial score (nSPS) is 15.5. The lowest BCUT2D eigenvalue weighted by Crippen LogP contribution is -2.40. The predicted octanol–water partition coefficient (Wildman–Crippen LogP) is 5.13. The van der Waals surface area contributed by atoms with Crippen molar-refractivity contribution in [2.24, 2.45) is 0 Å². The van der Waals surface area contributed by atoms with Gasteiger partial charge in [0.1, 0.15) is 0 Å². The van der Waals surface area contributed by atoms with Gasteiger partial charge in [0.15, 0.2) is 17.7 Å². The number of hydrogen-bond donors (Lipinski definition) is 1. The van der Waals surface area contributed by atoms with E-state index in [0.29, 0.717) is 6.42 Å². The Morgan fingerprint density at radius 2 is 1.81 bits per heavy atom. The number of nitrogens with one attached hydrogen (secondary N) is 1. The van der Waals surface area contributed by atoms with Gasteiger partial charge in [0.25, 0.3) is 5.91 Å². The first-order chi connectivity index (χ1) is 13.1. The van der Waals surface area contributed by atoms with Crippen LogP contribution in [0.1, 0.15) is 62.3 Å². The third-order valence-corrected chi connectivity index (χ3v) is 5.27. The minimum atomic E-state index is -0.714. The van der Waals surface area contributed by atoms with Gasteiger partial charge in [0.05, 0.1) is 6.04 Å². The van der Waals surface area contributed by atoms with Gasteiger partial charge in [-0.1, -0.05) is 44.2 Å². The Kier molecular flexibility index (Phi) is 6.49. The molecule has 0 aromatic heterocycles. The summed E-state index contributed by atoms with van der Waals surface area (Å²) in [5.74, 6) is -0.544. The number of carbonyl (C=O) groups is 1. The van der Waals surface area contributed by atoms with Crippen molar-refractivity contribution in [1.29, 1.82) is 0 Å². The fraction of sp³-hybridized carbons (Fsp3) is 0.435. The van der Waals surface area contributed by atoms with Crippen molar-refractivity contribution in [1.82, 2.24) is 5.32 Å². The van der Waals surface area contributed by atoms with Crippen LogP contribution in [0, 0.1) is 5.82 Å². The van der Waals surface area contributed by atoms with E-state index in [1.165, 1.54) is 30.0 Å². The smallest absolute Gasteiger partial charge is 0.261 e. The summed E-state index contributed by atoms with van der Waals surface area (Å²) in [4.78, 5) is 12.8. The first-order valence-corrected chi connectivity index (χ1v) is 9.95. The number of carbonyl (C=O) groups excluding carboxylic acids is 1. The van der Waals surface area contributed by atoms with E-state index < -0.39 is 11.9 Å². The molecule has 144 valence electrons. The molecule has 0 radical (unpaired) electrons. The SMILES string of the molecule is CCC(Oc1ccccc1F)C(=O)NC(CC)c1ccc2c(c1)CCCC2. The topological polar surface area (TPSA) is 38.3 Å². The van der Waals surface area contributed by atoms with Crippen LogP contribution < -0.4 is 10.1 Å². The van der Waals surface area contributed by atoms with Crippen molar-refractivity contribution in [3.8, 4) is 5.75 Å². The van der Waals surface area contributed by atoms with Crippen LogP contribution in [0.3, 0.4) is 0 Å². The zero-order chi connectivity index (χ0) is 19.2. The molecule has 2 aromatic rings. The van der Waals surface area contributed by atoms with Gasteiger partial charge in [-0.25, -0.2) is 4.39 Å². The van der Waals surface area contributed by atoms with E-state index in [4.69, 9.17) is 4.74 Å². The fourth-order valence-corrected chi connectivity index (χ4v) is 3.67. The summed E-state index contributed by atoms with van der Waals surface area (Å²) >= 11 is 0. The summed E-state index contributed by atoms with van der Waals surface area (Å²) < 4.78 is 19.5. The molecule has 1 aliphatic rings. The van der Waals surface area contributed by atoms with Gasteiger partial charge in [0.2, 0.25) is 0 Å². The minimum absolute atomic E-state index is 0.0667. The van der Waals surface area contributed by atoms with E-state index in [1.54, 1.807) is 18.2 Å². The van der Waals surface area contributed by atoms with Crippen LogP contribution in [0.5, 0.6) is 5.75 Å². The van der Waals surface area contributed by atoms with Crippen molar-refractivity contribution in [2.75, 3.05) is 0 Å². The summed E-state index contributed by atoms with van der Waals surface area (Å²) in [5.41, 5.74) is 3.97. The third kappa shape index (κ3) is 4.68. The largest absolute Gasteiger partial charge is 0.478 e. The zero-order valence-electron chi connectivity index (χ0n) is 16.1. The van der Waals surface area contributed by atoms with Crippen LogP contribution in [-0.2, 0) is 17.6 Å². The Hall–Kier alpha value is -2.36. The number of ether oxygens (including phenoxy) is 1. The van der Waals surface area contributed by atoms with Crippen molar-refractivity contribution in [3.05, 3.63) is 65.0 Å². The maximum atomic E-state index is 13.8. The molecular formula is C23H28FNO2. The molecule has 2 aromatic carbocycles. The third-order valence-electron chi connectivity index (χ3n) is 5.27. The molecule has 0 heterocycles. The Morgan fingerprint density at radius 1 is 1.07 bits per heavy atom. The van der Waals surface area contributed by atoms with Gasteiger partial charge in [-0.05, 0) is 67.3 Å². The van der Waals surface area contributed by atoms with Crippen molar-refractivity contribution >= 4 is 5.91 Å². The second kappa shape index (κ2) is 9.03. The molecule has 3 rings (SSSR count). The Morgan fingerprint density at radius 3 is 2.52 bits per heavy atom. The first-order valence-electron chi connectivity index (χ1n) is 9.95. The number of benzene rings is 2. The van der Waals surface area contributed by atoms with Gasteiger partial charge in [-0.15, -0.1) is 0 Å². The number of halogens is 1. The summed E-state index contributed by atoms with van der Waals surface area (Å²) in [6.07, 6.45) is 5.30. The lowest BCUT2D eigenvalue weighted by atomic mass is 9.88. The van der Waals surface area contributed by atoms with Gasteiger partial charge in [0, 0.05) is 0 Å². The second-order valence-electron chi connectivity index (χ2n) is 7.15. The maximum absolute atomic E-state index is 13.8.